The van der Waals surface area contributed by atoms with Crippen molar-refractivity contribution in [2.75, 3.05) is 19.0 Å². The number of ether oxygens (including phenoxy) is 1. The van der Waals surface area contributed by atoms with Gasteiger partial charge in [0.15, 0.2) is 11.6 Å². The number of nitrogens with zero attached hydrogens (tertiary/aromatic N) is 3. The Hall–Kier alpha value is -4.57. The van der Waals surface area contributed by atoms with Gasteiger partial charge in [-0.25, -0.2) is 9.18 Å². The fourth-order valence-electron chi connectivity index (χ4n) is 4.62. The minimum Gasteiger partial charge on any atom is -0.465 e. The third-order valence-electron chi connectivity index (χ3n) is 6.80. The molecule has 4 aromatic rings. The number of benzene rings is 3. The van der Waals surface area contributed by atoms with Crippen molar-refractivity contribution in [1.29, 1.82) is 0 Å². The lowest BCUT2D eigenvalue weighted by molar-refractivity contribution is -0.137. The second kappa shape index (κ2) is 12.5. The quantitative estimate of drug-likeness (QED) is 0.198. The third-order valence-corrected chi connectivity index (χ3v) is 7.30. The molecule has 0 radical (unpaired) electrons. The van der Waals surface area contributed by atoms with E-state index in [-0.39, 0.29) is 47.4 Å². The number of carbonyl (C=O) groups is 4. The summed E-state index contributed by atoms with van der Waals surface area (Å²) in [6.07, 6.45) is 0. The summed E-state index contributed by atoms with van der Waals surface area (Å²) in [6.45, 7) is 6.02. The topological polar surface area (TPSA) is 111 Å². The minimum atomic E-state index is -0.646. The number of ketones is 1. The fraction of sp³-hybridized carbons (Fsp3) is 0.258. The summed E-state index contributed by atoms with van der Waals surface area (Å²) < 4.78 is 21.6. The minimum absolute atomic E-state index is 0.0446. The lowest BCUT2D eigenvalue weighted by Gasteiger charge is -2.26. The van der Waals surface area contributed by atoms with Crippen LogP contribution in [-0.4, -0.2) is 57.9 Å². The highest BCUT2D eigenvalue weighted by molar-refractivity contribution is 6.34. The maximum absolute atomic E-state index is 15.5. The van der Waals surface area contributed by atoms with Crippen LogP contribution in [0.25, 0.3) is 22.0 Å². The molecule has 0 atom stereocenters. The fourth-order valence-corrected chi connectivity index (χ4v) is 4.85. The largest absolute Gasteiger partial charge is 0.465 e. The van der Waals surface area contributed by atoms with E-state index in [4.69, 9.17) is 16.3 Å². The molecule has 4 rings (SSSR count). The highest BCUT2D eigenvalue weighted by atomic mass is 35.5. The average Bonchev–Trinajstić information content (AvgIpc) is 3.31. The first kappa shape index (κ1) is 30.4. The van der Waals surface area contributed by atoms with Crippen molar-refractivity contribution in [2.45, 2.75) is 40.3 Å². The number of anilines is 1. The highest BCUT2D eigenvalue weighted by Gasteiger charge is 2.24. The summed E-state index contributed by atoms with van der Waals surface area (Å²) in [5, 5.41) is 7.69. The first-order valence-corrected chi connectivity index (χ1v) is 13.5. The van der Waals surface area contributed by atoms with E-state index < -0.39 is 23.6 Å². The average molecular weight is 593 g/mol. The highest BCUT2D eigenvalue weighted by Crippen LogP contribution is 2.34. The van der Waals surface area contributed by atoms with Crippen LogP contribution in [0.5, 0.6) is 0 Å². The van der Waals surface area contributed by atoms with Gasteiger partial charge in [0, 0.05) is 29.5 Å². The number of hydrogen-bond donors (Lipinski definition) is 1. The molecule has 0 unspecified atom stereocenters. The standard InChI is InChI=1S/C31H30ClFN4O5/c1-17(2)36(15-26(39)34-24-11-7-10-22(29(24)33)21-9-6-8-18(3)28(21)32)27(40)16-37-25-13-12-20(31(41)42-5)14-23(25)30(35-37)19(4)38/h6-14,17H,15-16H2,1-5H3,(H,34,39). The molecule has 1 N–H and O–H groups in total. The molecule has 0 spiro atoms. The lowest BCUT2D eigenvalue weighted by atomic mass is 10.0. The smallest absolute Gasteiger partial charge is 0.337 e. The molecule has 218 valence electrons. The number of hydrogen-bond acceptors (Lipinski definition) is 6. The Morgan fingerprint density at radius 3 is 2.43 bits per heavy atom. The second-order valence-corrected chi connectivity index (χ2v) is 10.4. The van der Waals surface area contributed by atoms with Crippen molar-refractivity contribution in [2.24, 2.45) is 0 Å². The molecule has 0 aliphatic carbocycles. The number of methoxy groups -OCH3 is 1. The van der Waals surface area contributed by atoms with E-state index in [1.807, 2.05) is 13.0 Å². The Morgan fingerprint density at radius 2 is 1.76 bits per heavy atom. The van der Waals surface area contributed by atoms with Gasteiger partial charge >= 0.3 is 5.97 Å². The van der Waals surface area contributed by atoms with Gasteiger partial charge in [-0.15, -0.1) is 0 Å². The first-order chi connectivity index (χ1) is 19.9. The predicted octanol–water partition coefficient (Wildman–Crippen LogP) is 5.67. The molecule has 0 saturated carbocycles. The van der Waals surface area contributed by atoms with Gasteiger partial charge in [0.2, 0.25) is 11.8 Å². The predicted molar refractivity (Wildman–Crippen MR) is 158 cm³/mol. The van der Waals surface area contributed by atoms with E-state index in [0.717, 1.165) is 5.56 Å². The Morgan fingerprint density at radius 1 is 1.07 bits per heavy atom. The van der Waals surface area contributed by atoms with Crippen LogP contribution in [-0.2, 0) is 20.9 Å². The number of aryl methyl sites for hydroxylation is 1. The van der Waals surface area contributed by atoms with Crippen molar-refractivity contribution >= 4 is 51.8 Å². The normalized spacial score (nSPS) is 11.0. The molecule has 0 aliphatic rings. The van der Waals surface area contributed by atoms with Crippen LogP contribution in [0.3, 0.4) is 0 Å². The second-order valence-electron chi connectivity index (χ2n) is 10.1. The van der Waals surface area contributed by atoms with E-state index in [1.165, 1.54) is 41.8 Å². The molecule has 11 heteroatoms. The van der Waals surface area contributed by atoms with Crippen LogP contribution in [0.2, 0.25) is 5.02 Å². The van der Waals surface area contributed by atoms with Crippen LogP contribution in [0.15, 0.2) is 54.6 Å². The van der Waals surface area contributed by atoms with Crippen LogP contribution < -0.4 is 5.32 Å². The van der Waals surface area contributed by atoms with E-state index in [0.29, 0.717) is 21.5 Å². The zero-order valence-electron chi connectivity index (χ0n) is 23.8. The summed E-state index contributed by atoms with van der Waals surface area (Å²) in [4.78, 5) is 52.0. The molecular weight excluding hydrogens is 563 g/mol. The Balaban J connectivity index is 1.55. The molecule has 1 heterocycles. The van der Waals surface area contributed by atoms with Gasteiger partial charge in [-0.2, -0.15) is 5.10 Å². The van der Waals surface area contributed by atoms with Gasteiger partial charge < -0.3 is 15.0 Å². The van der Waals surface area contributed by atoms with Crippen molar-refractivity contribution in [3.63, 3.8) is 0 Å². The molecule has 9 nitrogen and oxygen atoms in total. The van der Waals surface area contributed by atoms with Crippen molar-refractivity contribution in [1.82, 2.24) is 14.7 Å². The molecule has 0 saturated heterocycles. The molecular formula is C31H30ClFN4O5. The maximum atomic E-state index is 15.5. The van der Waals surface area contributed by atoms with Gasteiger partial charge in [0.05, 0.1) is 28.9 Å². The first-order valence-electron chi connectivity index (χ1n) is 13.2. The summed E-state index contributed by atoms with van der Waals surface area (Å²) in [5.41, 5.74) is 2.28. The van der Waals surface area contributed by atoms with Gasteiger partial charge in [-0.3, -0.25) is 19.1 Å². The van der Waals surface area contributed by atoms with Gasteiger partial charge in [0.1, 0.15) is 18.8 Å². The molecule has 1 aromatic heterocycles. The van der Waals surface area contributed by atoms with Crippen LogP contribution in [0.1, 0.15) is 47.2 Å². The zero-order chi connectivity index (χ0) is 30.7. The monoisotopic (exact) mass is 592 g/mol. The van der Waals surface area contributed by atoms with Gasteiger partial charge in [-0.1, -0.05) is 41.9 Å². The number of carbonyl (C=O) groups excluding carboxylic acids is 4. The van der Waals surface area contributed by atoms with Crippen LogP contribution >= 0.6 is 11.6 Å². The SMILES string of the molecule is COC(=O)c1ccc2c(c1)c(C(C)=O)nn2CC(=O)N(CC(=O)Nc1cccc(-c2cccc(C)c2Cl)c1F)C(C)C. The third kappa shape index (κ3) is 6.18. The molecule has 0 fully saturated rings. The number of nitrogens with one attached hydrogen (secondary N) is 1. The Kier molecular flexibility index (Phi) is 9.06. The number of halogens is 2. The molecule has 42 heavy (non-hydrogen) atoms. The van der Waals surface area contributed by atoms with Crippen molar-refractivity contribution in [3.05, 3.63) is 82.3 Å². The molecule has 2 amide bonds. The number of rotatable bonds is 9. The number of aromatic nitrogens is 2. The molecule has 0 aliphatic heterocycles. The summed E-state index contributed by atoms with van der Waals surface area (Å²) in [6, 6.07) is 14.1. The number of amides is 2. The van der Waals surface area contributed by atoms with Gasteiger partial charge in [0.25, 0.3) is 0 Å². The van der Waals surface area contributed by atoms with E-state index >= 15 is 4.39 Å². The van der Waals surface area contributed by atoms with Crippen molar-refractivity contribution < 1.29 is 28.3 Å². The van der Waals surface area contributed by atoms with E-state index in [1.54, 1.807) is 44.2 Å². The molecule has 0 bridgehead atoms. The molecule has 3 aromatic carbocycles. The summed E-state index contributed by atoms with van der Waals surface area (Å²) in [7, 11) is 1.25. The van der Waals surface area contributed by atoms with E-state index in [2.05, 4.69) is 10.4 Å². The van der Waals surface area contributed by atoms with Crippen LogP contribution in [0, 0.1) is 12.7 Å². The lowest BCUT2D eigenvalue weighted by Crippen LogP contribution is -2.44. The maximum Gasteiger partial charge on any atom is 0.337 e. The van der Waals surface area contributed by atoms with Crippen LogP contribution in [0.4, 0.5) is 10.1 Å². The van der Waals surface area contributed by atoms with Crippen molar-refractivity contribution in [3.8, 4) is 11.1 Å². The zero-order valence-corrected chi connectivity index (χ0v) is 24.6. The number of fused-ring (bicyclic) bond motifs is 1. The Labute approximate surface area is 247 Å². The number of esters is 1. The van der Waals surface area contributed by atoms with E-state index in [9.17, 15) is 19.2 Å². The Bertz CT molecular complexity index is 1720. The summed E-state index contributed by atoms with van der Waals surface area (Å²) >= 11 is 6.40. The van der Waals surface area contributed by atoms with Gasteiger partial charge in [-0.05, 0) is 50.6 Å². The summed E-state index contributed by atoms with van der Waals surface area (Å²) in [5.74, 6) is -2.61. The number of Topliss-reactive ketones (excluding diaryl/α,β-unsaturated/α-hetero) is 1.